The molecule has 1 aromatic heterocycles. The number of unbranched alkanes of at least 4 members (excludes halogenated alkanes) is 1. The summed E-state index contributed by atoms with van der Waals surface area (Å²) in [6.45, 7) is 5.32. The number of fused-ring (bicyclic) bond motifs is 1. The molecule has 0 unspecified atom stereocenters. The van der Waals surface area contributed by atoms with Crippen molar-refractivity contribution in [2.75, 3.05) is 12.4 Å². The lowest BCUT2D eigenvalue weighted by molar-refractivity contribution is 0.0704. The maximum absolute atomic E-state index is 12.8. The van der Waals surface area contributed by atoms with Crippen molar-refractivity contribution < 1.29 is 10.0 Å². The first kappa shape index (κ1) is 15.9. The second kappa shape index (κ2) is 6.98. The molecule has 0 spiro atoms. The largest absolute Gasteiger partial charge is 0.411 e. The maximum atomic E-state index is 12.8. The highest BCUT2D eigenvalue weighted by molar-refractivity contribution is 6.17. The van der Waals surface area contributed by atoms with Gasteiger partial charge in [0.15, 0.2) is 0 Å². The Kier molecular flexibility index (Phi) is 5.28. The topological polar surface area (TPSA) is 57.8 Å². The number of carbonyl (C=O) groups is 1. The van der Waals surface area contributed by atoms with Crippen LogP contribution < -0.4 is 0 Å². The molecule has 0 aliphatic carbocycles. The molecule has 6 heteroatoms. The molecule has 1 aromatic rings. The Morgan fingerprint density at radius 1 is 1.43 bits per heavy atom. The van der Waals surface area contributed by atoms with E-state index >= 15 is 0 Å². The molecule has 0 bridgehead atoms. The minimum absolute atomic E-state index is 0.00882. The van der Waals surface area contributed by atoms with Crippen LogP contribution in [0.2, 0.25) is 0 Å². The summed E-state index contributed by atoms with van der Waals surface area (Å²) in [7, 11) is 0. The third-order valence-corrected chi connectivity index (χ3v) is 4.12. The zero-order valence-corrected chi connectivity index (χ0v) is 13.3. The molecular formula is C15H22ClN3O2. The molecule has 1 aliphatic heterocycles. The SMILES string of the molecule is CC(C)N1CCC(=NO)c2ccn(CCCCCl)c2C1=O. The number of rotatable bonds is 5. The van der Waals surface area contributed by atoms with E-state index in [0.29, 0.717) is 30.3 Å². The average molecular weight is 312 g/mol. The minimum Gasteiger partial charge on any atom is -0.411 e. The van der Waals surface area contributed by atoms with Gasteiger partial charge in [-0.1, -0.05) is 5.16 Å². The molecule has 0 aromatic carbocycles. The molecule has 2 rings (SSSR count). The Morgan fingerprint density at radius 2 is 2.19 bits per heavy atom. The fourth-order valence-electron chi connectivity index (χ4n) is 2.70. The van der Waals surface area contributed by atoms with E-state index in [1.54, 1.807) is 0 Å². The highest BCUT2D eigenvalue weighted by Crippen LogP contribution is 2.22. The van der Waals surface area contributed by atoms with Gasteiger partial charge in [0.2, 0.25) is 0 Å². The smallest absolute Gasteiger partial charge is 0.271 e. The normalized spacial score (nSPS) is 17.4. The molecule has 21 heavy (non-hydrogen) atoms. The van der Waals surface area contributed by atoms with Gasteiger partial charge in [0.05, 0.1) is 5.71 Å². The first-order chi connectivity index (χ1) is 10.1. The molecule has 0 saturated heterocycles. The second-order valence-electron chi connectivity index (χ2n) is 5.56. The van der Waals surface area contributed by atoms with E-state index in [0.717, 1.165) is 24.9 Å². The van der Waals surface area contributed by atoms with Crippen molar-refractivity contribution >= 4 is 23.2 Å². The molecule has 116 valence electrons. The predicted molar refractivity (Wildman–Crippen MR) is 83.5 cm³/mol. The fourth-order valence-corrected chi connectivity index (χ4v) is 2.89. The van der Waals surface area contributed by atoms with Crippen molar-refractivity contribution in [1.82, 2.24) is 9.47 Å². The maximum Gasteiger partial charge on any atom is 0.271 e. The Hall–Kier alpha value is -1.49. The summed E-state index contributed by atoms with van der Waals surface area (Å²) >= 11 is 5.71. The van der Waals surface area contributed by atoms with Crippen molar-refractivity contribution in [2.45, 2.75) is 45.7 Å². The lowest BCUT2D eigenvalue weighted by atomic mass is 10.1. The summed E-state index contributed by atoms with van der Waals surface area (Å²) < 4.78 is 1.95. The Balaban J connectivity index is 2.38. The summed E-state index contributed by atoms with van der Waals surface area (Å²) in [6.07, 6.45) is 4.30. The first-order valence-corrected chi connectivity index (χ1v) is 7.91. The van der Waals surface area contributed by atoms with Crippen LogP contribution in [0, 0.1) is 0 Å². The minimum atomic E-state index is 0.00882. The van der Waals surface area contributed by atoms with Gasteiger partial charge in [0, 0.05) is 43.2 Å². The number of oxime groups is 1. The van der Waals surface area contributed by atoms with Crippen LogP contribution in [-0.4, -0.2) is 44.8 Å². The quantitative estimate of drug-likeness (QED) is 0.393. The number of alkyl halides is 1. The van der Waals surface area contributed by atoms with Crippen LogP contribution in [0.5, 0.6) is 0 Å². The highest BCUT2D eigenvalue weighted by atomic mass is 35.5. The number of nitrogens with zero attached hydrogens (tertiary/aromatic N) is 3. The monoisotopic (exact) mass is 311 g/mol. The van der Waals surface area contributed by atoms with Gasteiger partial charge in [-0.05, 0) is 32.8 Å². The Bertz CT molecular complexity index is 537. The number of halogens is 1. The first-order valence-electron chi connectivity index (χ1n) is 7.37. The van der Waals surface area contributed by atoms with Crippen LogP contribution >= 0.6 is 11.6 Å². The summed E-state index contributed by atoms with van der Waals surface area (Å²) in [4.78, 5) is 14.6. The van der Waals surface area contributed by atoms with Gasteiger partial charge in [0.25, 0.3) is 5.91 Å². The second-order valence-corrected chi connectivity index (χ2v) is 5.93. The molecule has 0 atom stereocenters. The van der Waals surface area contributed by atoms with Gasteiger partial charge >= 0.3 is 0 Å². The Morgan fingerprint density at radius 3 is 2.81 bits per heavy atom. The van der Waals surface area contributed by atoms with Crippen LogP contribution in [0.1, 0.15) is 49.2 Å². The molecule has 2 heterocycles. The van der Waals surface area contributed by atoms with Crippen LogP contribution in [-0.2, 0) is 6.54 Å². The van der Waals surface area contributed by atoms with Gasteiger partial charge < -0.3 is 14.7 Å². The van der Waals surface area contributed by atoms with Gasteiger partial charge in [-0.2, -0.15) is 0 Å². The summed E-state index contributed by atoms with van der Waals surface area (Å²) in [6, 6.07) is 1.99. The van der Waals surface area contributed by atoms with Crippen molar-refractivity contribution in [3.63, 3.8) is 0 Å². The van der Waals surface area contributed by atoms with Crippen LogP contribution in [0.4, 0.5) is 0 Å². The van der Waals surface area contributed by atoms with E-state index in [1.165, 1.54) is 0 Å². The third kappa shape index (κ3) is 3.23. The number of hydrogen-bond donors (Lipinski definition) is 1. The van der Waals surface area contributed by atoms with Gasteiger partial charge in [-0.25, -0.2) is 0 Å². The number of aromatic nitrogens is 1. The van der Waals surface area contributed by atoms with Crippen molar-refractivity contribution in [1.29, 1.82) is 0 Å². The lowest BCUT2D eigenvalue weighted by Gasteiger charge is -2.25. The standard InChI is InChI=1S/C15H22ClN3O2/c1-11(2)19-10-6-13(17-21)12-5-9-18(8-4-3-7-16)14(12)15(19)20/h5,9,11,21H,3-4,6-8,10H2,1-2H3. The Labute approximate surface area is 130 Å². The lowest BCUT2D eigenvalue weighted by Crippen LogP contribution is -2.38. The summed E-state index contributed by atoms with van der Waals surface area (Å²) in [5.41, 5.74) is 1.96. The van der Waals surface area contributed by atoms with Crippen LogP contribution in [0.25, 0.3) is 0 Å². The third-order valence-electron chi connectivity index (χ3n) is 3.85. The van der Waals surface area contributed by atoms with Gasteiger partial charge in [0.1, 0.15) is 5.69 Å². The molecule has 1 amide bonds. The number of amides is 1. The summed E-state index contributed by atoms with van der Waals surface area (Å²) in [5.74, 6) is 0.633. The van der Waals surface area contributed by atoms with Crippen LogP contribution in [0.3, 0.4) is 0 Å². The molecule has 1 N–H and O–H groups in total. The van der Waals surface area contributed by atoms with E-state index in [-0.39, 0.29) is 11.9 Å². The number of hydrogen-bond acceptors (Lipinski definition) is 3. The molecule has 0 radical (unpaired) electrons. The zero-order chi connectivity index (χ0) is 15.4. The summed E-state index contributed by atoms with van der Waals surface area (Å²) in [5, 5.41) is 12.6. The van der Waals surface area contributed by atoms with E-state index in [4.69, 9.17) is 11.6 Å². The van der Waals surface area contributed by atoms with Gasteiger partial charge in [-0.15, -0.1) is 11.6 Å². The van der Waals surface area contributed by atoms with Crippen LogP contribution in [0.15, 0.2) is 17.4 Å². The molecule has 5 nitrogen and oxygen atoms in total. The zero-order valence-electron chi connectivity index (χ0n) is 12.5. The van der Waals surface area contributed by atoms with E-state index in [1.807, 2.05) is 35.6 Å². The molecule has 1 aliphatic rings. The highest BCUT2D eigenvalue weighted by Gasteiger charge is 2.30. The average Bonchev–Trinajstić information content (AvgIpc) is 2.80. The van der Waals surface area contributed by atoms with E-state index < -0.39 is 0 Å². The number of aryl methyl sites for hydroxylation is 1. The van der Waals surface area contributed by atoms with Crippen molar-refractivity contribution in [2.24, 2.45) is 5.16 Å². The van der Waals surface area contributed by atoms with Gasteiger partial charge in [-0.3, -0.25) is 4.79 Å². The number of carbonyl (C=O) groups excluding carboxylic acids is 1. The molecular weight excluding hydrogens is 290 g/mol. The van der Waals surface area contributed by atoms with Crippen molar-refractivity contribution in [3.05, 3.63) is 23.5 Å². The van der Waals surface area contributed by atoms with Crippen molar-refractivity contribution in [3.8, 4) is 0 Å². The predicted octanol–water partition coefficient (Wildman–Crippen LogP) is 2.94. The fraction of sp³-hybridized carbons (Fsp3) is 0.600. The van der Waals surface area contributed by atoms with E-state index in [9.17, 15) is 10.0 Å². The van der Waals surface area contributed by atoms with E-state index in [2.05, 4.69) is 5.16 Å². The molecule has 0 fully saturated rings. The molecule has 0 saturated carbocycles.